The van der Waals surface area contributed by atoms with Crippen molar-refractivity contribution >= 4 is 11.7 Å². The van der Waals surface area contributed by atoms with Gasteiger partial charge >= 0.3 is 5.97 Å². The highest BCUT2D eigenvalue weighted by molar-refractivity contribution is 5.69. The lowest BCUT2D eigenvalue weighted by Gasteiger charge is -2.11. The van der Waals surface area contributed by atoms with E-state index in [0.717, 1.165) is 5.56 Å². The zero-order valence-corrected chi connectivity index (χ0v) is 13.2. The van der Waals surface area contributed by atoms with Crippen LogP contribution < -0.4 is 15.2 Å². The molecule has 2 N–H and O–H groups in total. The van der Waals surface area contributed by atoms with E-state index in [9.17, 15) is 4.79 Å². The van der Waals surface area contributed by atoms with Crippen molar-refractivity contribution in [2.75, 3.05) is 19.5 Å². The standard InChI is InChI=1S/C17H20N2O4/c1-3-22-17(20)9-5-12-4-7-14(15(10-12)21-2)23-16-8-6-13(18)11-19-16/h4,6-8,10-11H,3,5,9,18H2,1-2H3. The number of methoxy groups -OCH3 is 1. The Kier molecular flexibility index (Phi) is 5.80. The van der Waals surface area contributed by atoms with E-state index in [1.54, 1.807) is 32.2 Å². The summed E-state index contributed by atoms with van der Waals surface area (Å²) in [5.74, 6) is 1.34. The lowest BCUT2D eigenvalue weighted by molar-refractivity contribution is -0.143. The van der Waals surface area contributed by atoms with Gasteiger partial charge in [-0.25, -0.2) is 4.98 Å². The third-order valence-electron chi connectivity index (χ3n) is 3.12. The molecule has 0 saturated carbocycles. The van der Waals surface area contributed by atoms with Gasteiger partial charge in [0, 0.05) is 12.5 Å². The van der Waals surface area contributed by atoms with Gasteiger partial charge in [-0.15, -0.1) is 0 Å². The van der Waals surface area contributed by atoms with Crippen molar-refractivity contribution in [3.8, 4) is 17.4 Å². The van der Waals surface area contributed by atoms with E-state index in [0.29, 0.717) is 42.5 Å². The van der Waals surface area contributed by atoms with Crippen molar-refractivity contribution in [1.29, 1.82) is 0 Å². The van der Waals surface area contributed by atoms with Crippen LogP contribution in [-0.4, -0.2) is 24.7 Å². The molecule has 2 rings (SSSR count). The number of nitrogens with two attached hydrogens (primary N) is 1. The molecule has 0 bridgehead atoms. The summed E-state index contributed by atoms with van der Waals surface area (Å²) in [7, 11) is 1.56. The van der Waals surface area contributed by atoms with Gasteiger partial charge in [-0.3, -0.25) is 4.79 Å². The van der Waals surface area contributed by atoms with Crippen LogP contribution >= 0.6 is 0 Å². The number of benzene rings is 1. The van der Waals surface area contributed by atoms with Gasteiger partial charge in [0.2, 0.25) is 5.88 Å². The Bertz CT molecular complexity index is 656. The van der Waals surface area contributed by atoms with Crippen LogP contribution in [0.1, 0.15) is 18.9 Å². The highest BCUT2D eigenvalue weighted by Crippen LogP contribution is 2.32. The number of hydrogen-bond donors (Lipinski definition) is 1. The average molecular weight is 316 g/mol. The molecule has 0 unspecified atom stereocenters. The van der Waals surface area contributed by atoms with Crippen molar-refractivity contribution in [3.05, 3.63) is 42.1 Å². The molecule has 0 aliphatic carbocycles. The smallest absolute Gasteiger partial charge is 0.306 e. The molecule has 6 heteroatoms. The van der Waals surface area contributed by atoms with Crippen LogP contribution in [0.4, 0.5) is 5.69 Å². The van der Waals surface area contributed by atoms with Crippen LogP contribution in [0.2, 0.25) is 0 Å². The molecule has 6 nitrogen and oxygen atoms in total. The van der Waals surface area contributed by atoms with Gasteiger partial charge in [-0.2, -0.15) is 0 Å². The third-order valence-corrected chi connectivity index (χ3v) is 3.12. The Morgan fingerprint density at radius 1 is 1.22 bits per heavy atom. The quantitative estimate of drug-likeness (QED) is 0.791. The van der Waals surface area contributed by atoms with Crippen molar-refractivity contribution in [2.24, 2.45) is 0 Å². The minimum atomic E-state index is -0.210. The molecule has 0 fully saturated rings. The summed E-state index contributed by atoms with van der Waals surface area (Å²) < 4.78 is 16.0. The minimum absolute atomic E-state index is 0.210. The first-order valence-corrected chi connectivity index (χ1v) is 7.34. The molecule has 0 aliphatic rings. The molecule has 0 radical (unpaired) electrons. The molecule has 0 atom stereocenters. The summed E-state index contributed by atoms with van der Waals surface area (Å²) in [5.41, 5.74) is 7.13. The highest BCUT2D eigenvalue weighted by atomic mass is 16.5. The van der Waals surface area contributed by atoms with Gasteiger partial charge < -0.3 is 19.9 Å². The molecular weight excluding hydrogens is 296 g/mol. The summed E-state index contributed by atoms with van der Waals surface area (Å²) in [4.78, 5) is 15.5. The molecule has 2 aromatic rings. The number of carbonyl (C=O) groups excluding carboxylic acids is 1. The minimum Gasteiger partial charge on any atom is -0.493 e. The normalized spacial score (nSPS) is 10.2. The van der Waals surface area contributed by atoms with Crippen molar-refractivity contribution in [1.82, 2.24) is 4.98 Å². The zero-order valence-electron chi connectivity index (χ0n) is 13.2. The number of aryl methyl sites for hydroxylation is 1. The topological polar surface area (TPSA) is 83.7 Å². The molecule has 0 aliphatic heterocycles. The molecule has 1 aromatic carbocycles. The number of ether oxygens (including phenoxy) is 3. The van der Waals surface area contributed by atoms with Gasteiger partial charge in [0.25, 0.3) is 0 Å². The fourth-order valence-electron chi connectivity index (χ4n) is 2.00. The third kappa shape index (κ3) is 4.88. The van der Waals surface area contributed by atoms with Crippen molar-refractivity contribution in [3.63, 3.8) is 0 Å². The maximum atomic E-state index is 11.4. The average Bonchev–Trinajstić information content (AvgIpc) is 2.56. The number of rotatable bonds is 7. The first kappa shape index (κ1) is 16.6. The molecule has 1 heterocycles. The molecule has 0 saturated heterocycles. The zero-order chi connectivity index (χ0) is 16.7. The molecule has 1 aromatic heterocycles. The molecule has 122 valence electrons. The maximum Gasteiger partial charge on any atom is 0.306 e. The fraction of sp³-hybridized carbons (Fsp3) is 0.294. The summed E-state index contributed by atoms with van der Waals surface area (Å²) in [5, 5.41) is 0. The summed E-state index contributed by atoms with van der Waals surface area (Å²) in [6, 6.07) is 8.91. The lowest BCUT2D eigenvalue weighted by Crippen LogP contribution is -2.05. The van der Waals surface area contributed by atoms with Crippen molar-refractivity contribution in [2.45, 2.75) is 19.8 Å². The maximum absolute atomic E-state index is 11.4. The molecule has 0 amide bonds. The predicted molar refractivity (Wildman–Crippen MR) is 86.7 cm³/mol. The second-order valence-corrected chi connectivity index (χ2v) is 4.82. The Morgan fingerprint density at radius 2 is 2.04 bits per heavy atom. The number of carbonyl (C=O) groups is 1. The van der Waals surface area contributed by atoms with E-state index in [4.69, 9.17) is 19.9 Å². The van der Waals surface area contributed by atoms with Crippen molar-refractivity contribution < 1.29 is 19.0 Å². The SMILES string of the molecule is CCOC(=O)CCc1ccc(Oc2ccc(N)cn2)c(OC)c1. The summed E-state index contributed by atoms with van der Waals surface area (Å²) in [6.45, 7) is 2.18. The van der Waals surface area contributed by atoms with E-state index in [-0.39, 0.29) is 5.97 Å². The summed E-state index contributed by atoms with van der Waals surface area (Å²) in [6.07, 6.45) is 2.43. The number of nitrogens with zero attached hydrogens (tertiary/aromatic N) is 1. The molecular formula is C17H20N2O4. The highest BCUT2D eigenvalue weighted by Gasteiger charge is 2.09. The van der Waals surface area contributed by atoms with E-state index in [1.165, 1.54) is 6.20 Å². The van der Waals surface area contributed by atoms with E-state index in [2.05, 4.69) is 4.98 Å². The number of anilines is 1. The second-order valence-electron chi connectivity index (χ2n) is 4.82. The van der Waals surface area contributed by atoms with E-state index in [1.807, 2.05) is 12.1 Å². The first-order valence-electron chi connectivity index (χ1n) is 7.34. The molecule has 23 heavy (non-hydrogen) atoms. The van der Waals surface area contributed by atoms with Gasteiger partial charge in [-0.1, -0.05) is 6.07 Å². The number of esters is 1. The number of nitrogen functional groups attached to an aromatic ring is 1. The monoisotopic (exact) mass is 316 g/mol. The van der Waals surface area contributed by atoms with Crippen LogP contribution in [0.25, 0.3) is 0 Å². The Morgan fingerprint density at radius 3 is 2.70 bits per heavy atom. The van der Waals surface area contributed by atoms with Crippen LogP contribution in [0, 0.1) is 0 Å². The fourth-order valence-corrected chi connectivity index (χ4v) is 2.00. The second kappa shape index (κ2) is 8.03. The first-order chi connectivity index (χ1) is 11.1. The van der Waals surface area contributed by atoms with Crippen LogP contribution in [0.5, 0.6) is 17.4 Å². The number of aromatic nitrogens is 1. The molecule has 0 spiro atoms. The van der Waals surface area contributed by atoms with Gasteiger partial charge in [-0.05, 0) is 37.1 Å². The Balaban J connectivity index is 2.06. The largest absolute Gasteiger partial charge is 0.493 e. The van der Waals surface area contributed by atoms with Crippen LogP contribution in [-0.2, 0) is 16.0 Å². The lowest BCUT2D eigenvalue weighted by atomic mass is 10.1. The van der Waals surface area contributed by atoms with Gasteiger partial charge in [0.05, 0.1) is 25.6 Å². The van der Waals surface area contributed by atoms with Gasteiger partial charge in [0.1, 0.15) is 0 Å². The Hall–Kier alpha value is -2.76. The van der Waals surface area contributed by atoms with E-state index >= 15 is 0 Å². The van der Waals surface area contributed by atoms with Crippen LogP contribution in [0.15, 0.2) is 36.5 Å². The predicted octanol–water partition coefficient (Wildman–Crippen LogP) is 2.96. The number of hydrogen-bond acceptors (Lipinski definition) is 6. The van der Waals surface area contributed by atoms with Crippen LogP contribution in [0.3, 0.4) is 0 Å². The number of pyridine rings is 1. The van der Waals surface area contributed by atoms with Gasteiger partial charge in [0.15, 0.2) is 11.5 Å². The Labute approximate surface area is 135 Å². The summed E-state index contributed by atoms with van der Waals surface area (Å²) >= 11 is 0. The van der Waals surface area contributed by atoms with E-state index < -0.39 is 0 Å².